The predicted octanol–water partition coefficient (Wildman–Crippen LogP) is 4.59. The largest absolute Gasteiger partial charge is 0.497 e. The molecule has 3 aromatic rings. The van der Waals surface area contributed by atoms with Crippen molar-refractivity contribution >= 4 is 34.4 Å². The Bertz CT molecular complexity index is 868. The lowest BCUT2D eigenvalue weighted by Crippen LogP contribution is -1.84. The van der Waals surface area contributed by atoms with Crippen LogP contribution in [-0.2, 0) is 0 Å². The summed E-state index contributed by atoms with van der Waals surface area (Å²) in [5.41, 5.74) is 3.22. The van der Waals surface area contributed by atoms with Crippen molar-refractivity contribution in [3.05, 3.63) is 52.5 Å². The molecular weight excluding hydrogens is 300 g/mol. The van der Waals surface area contributed by atoms with E-state index in [4.69, 9.17) is 16.3 Å². The van der Waals surface area contributed by atoms with Gasteiger partial charge in [0.05, 0.1) is 18.4 Å². The summed E-state index contributed by atoms with van der Waals surface area (Å²) in [4.78, 5) is 7.37. The van der Waals surface area contributed by atoms with Crippen LogP contribution in [0.1, 0.15) is 11.1 Å². The third kappa shape index (κ3) is 2.65. The van der Waals surface area contributed by atoms with E-state index in [1.807, 2.05) is 37.3 Å². The summed E-state index contributed by atoms with van der Waals surface area (Å²) in [5.74, 6) is 0.798. The van der Waals surface area contributed by atoms with Crippen LogP contribution in [0.5, 0.6) is 11.6 Å². The van der Waals surface area contributed by atoms with Gasteiger partial charge in [0.25, 0.3) is 0 Å². The number of H-pyrrole nitrogens is 1. The van der Waals surface area contributed by atoms with E-state index in [1.54, 1.807) is 19.4 Å². The van der Waals surface area contributed by atoms with Gasteiger partial charge in [0.2, 0.25) is 0 Å². The summed E-state index contributed by atoms with van der Waals surface area (Å²) in [6, 6.07) is 11.1. The molecule has 112 valence electrons. The molecule has 0 radical (unpaired) electrons. The molecule has 0 unspecified atom stereocenters. The van der Waals surface area contributed by atoms with E-state index in [0.717, 1.165) is 27.9 Å². The van der Waals surface area contributed by atoms with Gasteiger partial charge in [0, 0.05) is 22.1 Å². The van der Waals surface area contributed by atoms with E-state index in [-0.39, 0.29) is 5.88 Å². The maximum absolute atomic E-state index is 10.1. The van der Waals surface area contributed by atoms with Crippen molar-refractivity contribution in [3.63, 3.8) is 0 Å². The van der Waals surface area contributed by atoms with Gasteiger partial charge >= 0.3 is 0 Å². The van der Waals surface area contributed by atoms with Crippen LogP contribution in [0.4, 0.5) is 5.69 Å². The summed E-state index contributed by atoms with van der Waals surface area (Å²) in [5, 5.41) is 11.6. The van der Waals surface area contributed by atoms with E-state index in [2.05, 4.69) is 9.98 Å². The summed E-state index contributed by atoms with van der Waals surface area (Å²) in [6.45, 7) is 1.96. The number of rotatable bonds is 3. The van der Waals surface area contributed by atoms with Crippen LogP contribution >= 0.6 is 11.6 Å². The molecule has 0 aliphatic carbocycles. The number of nitrogens with one attached hydrogen (secondary N) is 1. The zero-order valence-corrected chi connectivity index (χ0v) is 13.0. The van der Waals surface area contributed by atoms with Gasteiger partial charge in [-0.2, -0.15) is 0 Å². The van der Waals surface area contributed by atoms with Crippen molar-refractivity contribution in [2.24, 2.45) is 4.99 Å². The lowest BCUT2D eigenvalue weighted by atomic mass is 10.1. The smallest absolute Gasteiger partial charge is 0.198 e. The topological polar surface area (TPSA) is 57.6 Å². The van der Waals surface area contributed by atoms with Crippen LogP contribution in [0.2, 0.25) is 5.02 Å². The van der Waals surface area contributed by atoms with Crippen LogP contribution in [0.3, 0.4) is 0 Å². The summed E-state index contributed by atoms with van der Waals surface area (Å²) >= 11 is 6.00. The Labute approximate surface area is 133 Å². The van der Waals surface area contributed by atoms with Crippen molar-refractivity contribution in [2.45, 2.75) is 6.92 Å². The molecule has 0 saturated heterocycles. The predicted molar refractivity (Wildman–Crippen MR) is 90.0 cm³/mol. The van der Waals surface area contributed by atoms with Crippen molar-refractivity contribution in [1.29, 1.82) is 0 Å². The molecule has 0 spiro atoms. The number of aliphatic imine (C=N–C) groups is 1. The molecule has 2 aromatic carbocycles. The molecule has 3 rings (SSSR count). The third-order valence-corrected chi connectivity index (χ3v) is 3.76. The number of fused-ring (bicyclic) bond motifs is 1. The molecule has 0 fully saturated rings. The highest BCUT2D eigenvalue weighted by molar-refractivity contribution is 6.30. The number of benzene rings is 2. The van der Waals surface area contributed by atoms with Gasteiger partial charge < -0.3 is 14.8 Å². The molecule has 2 N–H and O–H groups in total. The fourth-order valence-corrected chi connectivity index (χ4v) is 2.46. The molecule has 4 nitrogen and oxygen atoms in total. The van der Waals surface area contributed by atoms with Gasteiger partial charge in [0.15, 0.2) is 5.88 Å². The van der Waals surface area contributed by atoms with Crippen LogP contribution in [0.25, 0.3) is 10.9 Å². The van der Waals surface area contributed by atoms with E-state index in [1.165, 1.54) is 0 Å². The molecule has 1 aromatic heterocycles. The number of nitrogens with zero attached hydrogens (tertiary/aromatic N) is 1. The average molecular weight is 315 g/mol. The van der Waals surface area contributed by atoms with Crippen molar-refractivity contribution in [2.75, 3.05) is 7.11 Å². The zero-order chi connectivity index (χ0) is 15.7. The van der Waals surface area contributed by atoms with Gasteiger partial charge in [-0.1, -0.05) is 17.7 Å². The van der Waals surface area contributed by atoms with Crippen LogP contribution in [0.15, 0.2) is 41.4 Å². The molecule has 22 heavy (non-hydrogen) atoms. The normalized spacial score (nSPS) is 11.4. The molecule has 0 bridgehead atoms. The maximum Gasteiger partial charge on any atom is 0.198 e. The molecule has 0 aliphatic rings. The highest BCUT2D eigenvalue weighted by Gasteiger charge is 2.10. The fourth-order valence-electron chi connectivity index (χ4n) is 2.29. The number of aromatic amines is 1. The first-order chi connectivity index (χ1) is 10.6. The van der Waals surface area contributed by atoms with Gasteiger partial charge in [-0.25, -0.2) is 0 Å². The molecular formula is C17H15ClN2O2. The highest BCUT2D eigenvalue weighted by Crippen LogP contribution is 2.30. The Morgan fingerprint density at radius 3 is 2.82 bits per heavy atom. The molecule has 0 atom stereocenters. The molecule has 0 aliphatic heterocycles. The third-order valence-electron chi connectivity index (χ3n) is 3.53. The second kappa shape index (κ2) is 5.73. The number of ether oxygens (including phenoxy) is 1. The Morgan fingerprint density at radius 2 is 2.05 bits per heavy atom. The number of hydrogen-bond acceptors (Lipinski definition) is 3. The van der Waals surface area contributed by atoms with Gasteiger partial charge in [-0.3, -0.25) is 4.99 Å². The summed E-state index contributed by atoms with van der Waals surface area (Å²) < 4.78 is 5.23. The number of aromatic hydroxyl groups is 1. The first kappa shape index (κ1) is 14.5. The zero-order valence-electron chi connectivity index (χ0n) is 12.2. The maximum atomic E-state index is 10.1. The lowest BCUT2D eigenvalue weighted by molar-refractivity contribution is 0.415. The van der Waals surface area contributed by atoms with Gasteiger partial charge in [-0.05, 0) is 42.8 Å². The monoisotopic (exact) mass is 314 g/mol. The van der Waals surface area contributed by atoms with Crippen molar-refractivity contribution in [3.8, 4) is 11.6 Å². The summed E-state index contributed by atoms with van der Waals surface area (Å²) in [6.07, 6.45) is 1.63. The Balaban J connectivity index is 2.08. The summed E-state index contributed by atoms with van der Waals surface area (Å²) in [7, 11) is 1.61. The second-order valence-electron chi connectivity index (χ2n) is 4.99. The highest BCUT2D eigenvalue weighted by atomic mass is 35.5. The van der Waals surface area contributed by atoms with E-state index >= 15 is 0 Å². The number of aromatic nitrogens is 1. The Hall–Kier alpha value is -2.46. The molecule has 5 heteroatoms. The van der Waals surface area contributed by atoms with Gasteiger partial charge in [-0.15, -0.1) is 0 Å². The number of aryl methyl sites for hydroxylation is 1. The van der Waals surface area contributed by atoms with Crippen molar-refractivity contribution < 1.29 is 9.84 Å². The molecule has 0 amide bonds. The van der Waals surface area contributed by atoms with E-state index in [0.29, 0.717) is 10.6 Å². The SMILES string of the molecule is COc1ccc2[nH]c(O)c(C=Nc3cc(Cl)ccc3C)c2c1. The first-order valence-electron chi connectivity index (χ1n) is 6.77. The number of halogens is 1. The number of methoxy groups -OCH3 is 1. The Morgan fingerprint density at radius 1 is 1.23 bits per heavy atom. The second-order valence-corrected chi connectivity index (χ2v) is 5.42. The minimum Gasteiger partial charge on any atom is -0.497 e. The van der Waals surface area contributed by atoms with Crippen LogP contribution in [-0.4, -0.2) is 23.4 Å². The van der Waals surface area contributed by atoms with E-state index < -0.39 is 0 Å². The van der Waals surface area contributed by atoms with Crippen molar-refractivity contribution in [1.82, 2.24) is 4.98 Å². The molecule has 1 heterocycles. The van der Waals surface area contributed by atoms with Crippen LogP contribution in [0, 0.1) is 6.92 Å². The Kier molecular flexibility index (Phi) is 3.77. The average Bonchev–Trinajstić information content (AvgIpc) is 2.82. The minimum atomic E-state index is 0.0756. The lowest BCUT2D eigenvalue weighted by Gasteiger charge is -2.01. The molecule has 0 saturated carbocycles. The quantitative estimate of drug-likeness (QED) is 0.694. The fraction of sp³-hybridized carbons (Fsp3) is 0.118. The standard InChI is InChI=1S/C17H15ClN2O2/c1-10-3-4-11(18)7-16(10)19-9-14-13-8-12(22-2)5-6-15(13)20-17(14)21/h3-9,20-21H,1-2H3. The number of hydrogen-bond donors (Lipinski definition) is 2. The van der Waals surface area contributed by atoms with Gasteiger partial charge in [0.1, 0.15) is 5.75 Å². The first-order valence-corrected chi connectivity index (χ1v) is 7.15. The minimum absolute atomic E-state index is 0.0756. The van der Waals surface area contributed by atoms with E-state index in [9.17, 15) is 5.11 Å². The van der Waals surface area contributed by atoms with Crippen LogP contribution < -0.4 is 4.74 Å².